The lowest BCUT2D eigenvalue weighted by Gasteiger charge is -2.40. The fraction of sp³-hybridized carbons (Fsp3) is 0.583. The molecular formula is C12H17N3O3S. The van der Waals surface area contributed by atoms with Gasteiger partial charge in [0, 0.05) is 17.6 Å². The summed E-state index contributed by atoms with van der Waals surface area (Å²) in [6.45, 7) is 0.871. The van der Waals surface area contributed by atoms with E-state index in [9.17, 15) is 9.59 Å². The van der Waals surface area contributed by atoms with E-state index in [1.165, 1.54) is 11.3 Å². The number of nitrogens with one attached hydrogen (secondary N) is 2. The van der Waals surface area contributed by atoms with Crippen molar-refractivity contribution in [2.24, 2.45) is 5.41 Å². The molecule has 0 aromatic carbocycles. The number of carbonyl (C=O) groups is 2. The summed E-state index contributed by atoms with van der Waals surface area (Å²) in [5, 5.41) is 14.4. The van der Waals surface area contributed by atoms with Gasteiger partial charge in [-0.15, -0.1) is 11.3 Å². The topological polar surface area (TPSA) is 91.3 Å². The van der Waals surface area contributed by atoms with E-state index in [1.807, 2.05) is 0 Å². The summed E-state index contributed by atoms with van der Waals surface area (Å²) in [5.74, 6) is -0.799. The molecule has 0 radical (unpaired) electrons. The quantitative estimate of drug-likeness (QED) is 0.739. The van der Waals surface area contributed by atoms with Crippen molar-refractivity contribution in [1.82, 2.24) is 15.6 Å². The molecule has 1 fully saturated rings. The number of carbonyl (C=O) groups excluding carboxylic acids is 1. The van der Waals surface area contributed by atoms with E-state index < -0.39 is 5.97 Å². The van der Waals surface area contributed by atoms with Crippen molar-refractivity contribution < 1.29 is 14.7 Å². The highest BCUT2D eigenvalue weighted by Gasteiger charge is 2.39. The van der Waals surface area contributed by atoms with E-state index in [4.69, 9.17) is 5.11 Å². The van der Waals surface area contributed by atoms with E-state index in [2.05, 4.69) is 15.6 Å². The minimum atomic E-state index is -0.799. The Bertz CT molecular complexity index is 443. The van der Waals surface area contributed by atoms with Crippen LogP contribution in [0.4, 0.5) is 4.79 Å². The molecule has 1 aliphatic carbocycles. The van der Waals surface area contributed by atoms with E-state index >= 15 is 0 Å². The van der Waals surface area contributed by atoms with Crippen molar-refractivity contribution in [1.29, 1.82) is 0 Å². The standard InChI is InChI=1S/C12H17N3O3S/c16-10(17)4-12(2-1-3-12)7-15-11(18)14-6-9-5-13-8-19-9/h5,8H,1-4,6-7H2,(H,16,17)(H2,14,15,18). The number of hydrogen-bond acceptors (Lipinski definition) is 4. The number of amides is 2. The van der Waals surface area contributed by atoms with Crippen LogP contribution < -0.4 is 10.6 Å². The molecule has 0 bridgehead atoms. The highest BCUT2D eigenvalue weighted by Crippen LogP contribution is 2.43. The third kappa shape index (κ3) is 3.92. The fourth-order valence-corrected chi connectivity index (χ4v) is 2.78. The van der Waals surface area contributed by atoms with Crippen LogP contribution in [-0.2, 0) is 11.3 Å². The Kier molecular flexibility index (Phi) is 4.36. The van der Waals surface area contributed by atoms with Crippen LogP contribution in [0.15, 0.2) is 11.7 Å². The minimum absolute atomic E-state index is 0.127. The molecule has 0 saturated heterocycles. The van der Waals surface area contributed by atoms with Crippen molar-refractivity contribution in [2.75, 3.05) is 6.54 Å². The normalized spacial score (nSPS) is 16.4. The number of nitrogens with zero attached hydrogens (tertiary/aromatic N) is 1. The summed E-state index contributed by atoms with van der Waals surface area (Å²) in [5.41, 5.74) is 1.47. The molecule has 1 aliphatic rings. The second-order valence-electron chi connectivity index (χ2n) is 4.93. The molecule has 0 unspecified atom stereocenters. The average Bonchev–Trinajstić information content (AvgIpc) is 2.82. The van der Waals surface area contributed by atoms with Crippen LogP contribution in [0.3, 0.4) is 0 Å². The van der Waals surface area contributed by atoms with Crippen LogP contribution in [0.1, 0.15) is 30.6 Å². The predicted molar refractivity (Wildman–Crippen MR) is 70.9 cm³/mol. The van der Waals surface area contributed by atoms with Crippen LogP contribution in [0.2, 0.25) is 0 Å². The van der Waals surface area contributed by atoms with Crippen LogP contribution in [0.25, 0.3) is 0 Å². The smallest absolute Gasteiger partial charge is 0.315 e. The largest absolute Gasteiger partial charge is 0.481 e. The zero-order chi connectivity index (χ0) is 13.7. The lowest BCUT2D eigenvalue weighted by Crippen LogP contribution is -2.46. The molecule has 19 heavy (non-hydrogen) atoms. The highest BCUT2D eigenvalue weighted by molar-refractivity contribution is 7.09. The van der Waals surface area contributed by atoms with Crippen molar-refractivity contribution in [3.05, 3.63) is 16.6 Å². The van der Waals surface area contributed by atoms with Gasteiger partial charge in [-0.25, -0.2) is 4.79 Å². The monoisotopic (exact) mass is 283 g/mol. The Hall–Kier alpha value is -1.63. The number of carboxylic acid groups (broad SMARTS) is 1. The second-order valence-corrected chi connectivity index (χ2v) is 5.90. The summed E-state index contributed by atoms with van der Waals surface area (Å²) in [6.07, 6.45) is 4.62. The first-order valence-corrected chi connectivity index (χ1v) is 7.08. The molecule has 1 heterocycles. The van der Waals surface area contributed by atoms with E-state index in [0.717, 1.165) is 24.1 Å². The molecule has 3 N–H and O–H groups in total. The van der Waals surface area contributed by atoms with Gasteiger partial charge in [-0.05, 0) is 18.3 Å². The Morgan fingerprint density at radius 1 is 1.42 bits per heavy atom. The zero-order valence-electron chi connectivity index (χ0n) is 10.5. The van der Waals surface area contributed by atoms with Gasteiger partial charge in [-0.2, -0.15) is 0 Å². The molecule has 7 heteroatoms. The Morgan fingerprint density at radius 2 is 2.21 bits per heavy atom. The van der Waals surface area contributed by atoms with Crippen molar-refractivity contribution in [3.8, 4) is 0 Å². The number of carboxylic acids is 1. The summed E-state index contributed by atoms with van der Waals surface area (Å²) in [4.78, 5) is 27.3. The summed E-state index contributed by atoms with van der Waals surface area (Å²) < 4.78 is 0. The summed E-state index contributed by atoms with van der Waals surface area (Å²) in [7, 11) is 0. The maximum Gasteiger partial charge on any atom is 0.315 e. The Labute approximate surface area is 115 Å². The molecule has 0 spiro atoms. The molecule has 6 nitrogen and oxygen atoms in total. The number of hydrogen-bond donors (Lipinski definition) is 3. The zero-order valence-corrected chi connectivity index (χ0v) is 11.3. The number of aromatic nitrogens is 1. The van der Waals surface area contributed by atoms with Gasteiger partial charge in [0.1, 0.15) is 0 Å². The minimum Gasteiger partial charge on any atom is -0.481 e. The molecule has 1 aromatic rings. The molecule has 0 aliphatic heterocycles. The maximum absolute atomic E-state index is 11.6. The first kappa shape index (κ1) is 13.8. The molecule has 0 atom stereocenters. The van der Waals surface area contributed by atoms with Crippen molar-refractivity contribution in [2.45, 2.75) is 32.2 Å². The lowest BCUT2D eigenvalue weighted by molar-refractivity contribution is -0.141. The lowest BCUT2D eigenvalue weighted by atomic mass is 9.66. The first-order chi connectivity index (χ1) is 9.10. The number of thiazole rings is 1. The number of urea groups is 1. The predicted octanol–water partition coefficient (Wildman–Crippen LogP) is 1.59. The Morgan fingerprint density at radius 3 is 2.74 bits per heavy atom. The molecule has 1 aromatic heterocycles. The molecule has 104 valence electrons. The highest BCUT2D eigenvalue weighted by atomic mass is 32.1. The van der Waals surface area contributed by atoms with Gasteiger partial charge in [-0.1, -0.05) is 6.42 Å². The molecular weight excluding hydrogens is 266 g/mol. The van der Waals surface area contributed by atoms with Crippen molar-refractivity contribution >= 4 is 23.3 Å². The Balaban J connectivity index is 1.72. The molecule has 1 saturated carbocycles. The van der Waals surface area contributed by atoms with E-state index in [-0.39, 0.29) is 17.9 Å². The second kappa shape index (κ2) is 6.01. The van der Waals surface area contributed by atoms with Crippen LogP contribution in [0, 0.1) is 5.41 Å². The van der Waals surface area contributed by atoms with Crippen LogP contribution >= 0.6 is 11.3 Å². The van der Waals surface area contributed by atoms with E-state index in [0.29, 0.717) is 13.1 Å². The SMILES string of the molecule is O=C(O)CC1(CNC(=O)NCc2cncs2)CCC1. The average molecular weight is 283 g/mol. The van der Waals surface area contributed by atoms with Crippen LogP contribution in [0.5, 0.6) is 0 Å². The molecule has 2 rings (SSSR count). The summed E-state index contributed by atoms with van der Waals surface area (Å²) >= 11 is 1.48. The van der Waals surface area contributed by atoms with Gasteiger partial charge in [0.25, 0.3) is 0 Å². The van der Waals surface area contributed by atoms with Gasteiger partial charge < -0.3 is 15.7 Å². The molecule has 2 amide bonds. The van der Waals surface area contributed by atoms with Gasteiger partial charge in [0.05, 0.1) is 18.5 Å². The van der Waals surface area contributed by atoms with Gasteiger partial charge in [0.15, 0.2) is 0 Å². The number of rotatable bonds is 6. The van der Waals surface area contributed by atoms with Gasteiger partial charge in [0.2, 0.25) is 0 Å². The third-order valence-electron chi connectivity index (χ3n) is 3.47. The van der Waals surface area contributed by atoms with Crippen LogP contribution in [-0.4, -0.2) is 28.6 Å². The third-order valence-corrected chi connectivity index (χ3v) is 4.25. The fourth-order valence-electron chi connectivity index (χ4n) is 2.24. The maximum atomic E-state index is 11.6. The van der Waals surface area contributed by atoms with Crippen molar-refractivity contribution in [3.63, 3.8) is 0 Å². The van der Waals surface area contributed by atoms with Gasteiger partial charge in [-0.3, -0.25) is 9.78 Å². The van der Waals surface area contributed by atoms with Gasteiger partial charge >= 0.3 is 12.0 Å². The van der Waals surface area contributed by atoms with E-state index in [1.54, 1.807) is 11.7 Å². The number of aliphatic carboxylic acids is 1. The first-order valence-electron chi connectivity index (χ1n) is 6.21. The summed E-state index contributed by atoms with van der Waals surface area (Å²) in [6, 6.07) is -0.259.